The van der Waals surface area contributed by atoms with Crippen molar-refractivity contribution in [1.82, 2.24) is 10.3 Å². The molecule has 0 aliphatic carbocycles. The molecule has 0 fully saturated rings. The van der Waals surface area contributed by atoms with E-state index in [0.29, 0.717) is 17.3 Å². The molecule has 2 aromatic rings. The second-order valence-electron chi connectivity index (χ2n) is 4.50. The van der Waals surface area contributed by atoms with Crippen LogP contribution in [0.2, 0.25) is 0 Å². The number of nitrogens with one attached hydrogen (secondary N) is 2. The van der Waals surface area contributed by atoms with E-state index in [4.69, 9.17) is 5.11 Å². The zero-order valence-corrected chi connectivity index (χ0v) is 12.5. The van der Waals surface area contributed by atoms with Crippen molar-refractivity contribution in [2.75, 3.05) is 6.61 Å². The number of hydrogen-bond acceptors (Lipinski definition) is 3. The zero-order chi connectivity index (χ0) is 14.7. The van der Waals surface area contributed by atoms with Crippen molar-refractivity contribution >= 4 is 32.7 Å². The molecule has 0 saturated heterocycles. The molecule has 3 N–H and O–H groups in total. The van der Waals surface area contributed by atoms with Gasteiger partial charge in [-0.1, -0.05) is 22.9 Å². The van der Waals surface area contributed by atoms with Gasteiger partial charge in [-0.15, -0.1) is 0 Å². The van der Waals surface area contributed by atoms with Gasteiger partial charge in [-0.25, -0.2) is 0 Å². The highest BCUT2D eigenvalue weighted by Crippen LogP contribution is 2.15. The summed E-state index contributed by atoms with van der Waals surface area (Å²) in [7, 11) is 0. The van der Waals surface area contributed by atoms with E-state index >= 15 is 0 Å². The van der Waals surface area contributed by atoms with Gasteiger partial charge in [0.15, 0.2) is 5.43 Å². The second kappa shape index (κ2) is 6.19. The van der Waals surface area contributed by atoms with Gasteiger partial charge < -0.3 is 15.4 Å². The molecule has 1 aromatic carbocycles. The zero-order valence-electron chi connectivity index (χ0n) is 10.9. The molecule has 0 spiro atoms. The van der Waals surface area contributed by atoms with E-state index in [1.54, 1.807) is 18.2 Å². The minimum atomic E-state index is -0.396. The molecule has 0 radical (unpaired) electrons. The molecule has 0 aliphatic heterocycles. The third-order valence-corrected chi connectivity index (χ3v) is 3.58. The molecule has 0 bridgehead atoms. The molecule has 6 heteroatoms. The molecule has 106 valence electrons. The smallest absolute Gasteiger partial charge is 0.268 e. The maximum absolute atomic E-state index is 12.0. The minimum absolute atomic E-state index is 0.132. The first kappa shape index (κ1) is 14.7. The van der Waals surface area contributed by atoms with Gasteiger partial charge in [0.2, 0.25) is 0 Å². The molecule has 1 unspecified atom stereocenters. The largest absolute Gasteiger partial charge is 0.394 e. The van der Waals surface area contributed by atoms with Crippen LogP contribution in [0.5, 0.6) is 0 Å². The molecule has 1 heterocycles. The number of aromatic nitrogens is 1. The lowest BCUT2D eigenvalue weighted by atomic mass is 10.2. The Morgan fingerprint density at radius 2 is 2.20 bits per heavy atom. The first-order valence-electron chi connectivity index (χ1n) is 6.29. The van der Waals surface area contributed by atoms with Crippen LogP contribution in [0.4, 0.5) is 0 Å². The van der Waals surface area contributed by atoms with Gasteiger partial charge in [-0.2, -0.15) is 0 Å². The molecule has 5 nitrogen and oxygen atoms in total. The number of aliphatic hydroxyl groups is 1. The molecule has 20 heavy (non-hydrogen) atoms. The van der Waals surface area contributed by atoms with E-state index in [1.165, 1.54) is 6.07 Å². The predicted molar refractivity (Wildman–Crippen MR) is 80.9 cm³/mol. The van der Waals surface area contributed by atoms with Gasteiger partial charge in [0.05, 0.1) is 12.6 Å². The molecule has 1 atom stereocenters. The summed E-state index contributed by atoms with van der Waals surface area (Å²) in [5, 5.41) is 12.3. The summed E-state index contributed by atoms with van der Waals surface area (Å²) in [6.45, 7) is 1.73. The van der Waals surface area contributed by atoms with Crippen LogP contribution in [-0.2, 0) is 0 Å². The number of hydrogen-bond donors (Lipinski definition) is 3. The van der Waals surface area contributed by atoms with Gasteiger partial charge in [-0.3, -0.25) is 9.59 Å². The first-order chi connectivity index (χ1) is 9.55. The van der Waals surface area contributed by atoms with E-state index < -0.39 is 5.91 Å². The monoisotopic (exact) mass is 338 g/mol. The fraction of sp³-hybridized carbons (Fsp3) is 0.286. The summed E-state index contributed by atoms with van der Waals surface area (Å²) >= 11 is 3.31. The van der Waals surface area contributed by atoms with Crippen LogP contribution >= 0.6 is 15.9 Å². The van der Waals surface area contributed by atoms with Gasteiger partial charge in [-0.05, 0) is 24.6 Å². The molecular weight excluding hydrogens is 324 g/mol. The molecule has 1 aromatic heterocycles. The molecular formula is C14H15BrN2O3. The lowest BCUT2D eigenvalue weighted by Crippen LogP contribution is -2.37. The molecule has 2 rings (SSSR count). The minimum Gasteiger partial charge on any atom is -0.394 e. The van der Waals surface area contributed by atoms with Gasteiger partial charge in [0, 0.05) is 21.4 Å². The Balaban J connectivity index is 2.39. The molecule has 0 aliphatic rings. The lowest BCUT2D eigenvalue weighted by molar-refractivity contribution is 0.0910. The Bertz CT molecular complexity index is 692. The number of H-pyrrole nitrogens is 1. The number of carbonyl (C=O) groups excluding carboxylic acids is 1. The summed E-state index contributed by atoms with van der Waals surface area (Å²) in [6.07, 6.45) is 0.618. The number of carbonyl (C=O) groups is 1. The number of halogens is 1. The number of aliphatic hydroxyl groups excluding tert-OH is 1. The van der Waals surface area contributed by atoms with E-state index in [0.717, 1.165) is 4.47 Å². The summed E-state index contributed by atoms with van der Waals surface area (Å²) in [5.74, 6) is -0.396. The van der Waals surface area contributed by atoms with E-state index in [1.807, 2.05) is 6.92 Å². The van der Waals surface area contributed by atoms with Crippen molar-refractivity contribution in [1.29, 1.82) is 0 Å². The van der Waals surface area contributed by atoms with Crippen molar-refractivity contribution < 1.29 is 9.90 Å². The van der Waals surface area contributed by atoms with Crippen LogP contribution in [0.25, 0.3) is 10.9 Å². The average molecular weight is 339 g/mol. The fourth-order valence-corrected chi connectivity index (χ4v) is 2.24. The normalized spacial score (nSPS) is 12.3. The molecule has 0 saturated carbocycles. The van der Waals surface area contributed by atoms with Crippen molar-refractivity contribution in [3.05, 3.63) is 44.7 Å². The predicted octanol–water partition coefficient (Wildman–Crippen LogP) is 1.79. The number of benzene rings is 1. The van der Waals surface area contributed by atoms with Crippen molar-refractivity contribution in [2.24, 2.45) is 0 Å². The van der Waals surface area contributed by atoms with Gasteiger partial charge in [0.25, 0.3) is 5.91 Å². The quantitative estimate of drug-likeness (QED) is 0.794. The van der Waals surface area contributed by atoms with E-state index in [-0.39, 0.29) is 23.8 Å². The fourth-order valence-electron chi connectivity index (χ4n) is 1.88. The Hall–Kier alpha value is -1.66. The van der Waals surface area contributed by atoms with Crippen LogP contribution in [-0.4, -0.2) is 28.6 Å². The van der Waals surface area contributed by atoms with E-state index in [2.05, 4.69) is 26.2 Å². The number of rotatable bonds is 4. The molecule has 1 amide bonds. The number of aromatic amines is 1. The highest BCUT2D eigenvalue weighted by molar-refractivity contribution is 9.10. The summed E-state index contributed by atoms with van der Waals surface area (Å²) in [4.78, 5) is 27.0. The lowest BCUT2D eigenvalue weighted by Gasteiger charge is -2.14. The van der Waals surface area contributed by atoms with Crippen LogP contribution in [0.3, 0.4) is 0 Å². The highest BCUT2D eigenvalue weighted by atomic mass is 79.9. The first-order valence-corrected chi connectivity index (χ1v) is 7.08. The maximum atomic E-state index is 12.0. The topological polar surface area (TPSA) is 82.2 Å². The maximum Gasteiger partial charge on any atom is 0.268 e. The second-order valence-corrected chi connectivity index (χ2v) is 5.41. The van der Waals surface area contributed by atoms with Crippen molar-refractivity contribution in [3.8, 4) is 0 Å². The van der Waals surface area contributed by atoms with Crippen LogP contribution < -0.4 is 10.7 Å². The SMILES string of the molecule is CCC(CO)NC(=O)c1cc(=O)c2cc(Br)ccc2[nH]1. The standard InChI is InChI=1S/C14H15BrN2O3/c1-2-9(7-18)16-14(20)12-6-13(19)10-5-8(15)3-4-11(10)17-12/h3-6,9,18H,2,7H2,1H3,(H,16,20)(H,17,19). The number of fused-ring (bicyclic) bond motifs is 1. The summed E-state index contributed by atoms with van der Waals surface area (Å²) < 4.78 is 0.805. The number of pyridine rings is 1. The summed E-state index contributed by atoms with van der Waals surface area (Å²) in [5.41, 5.74) is 0.571. The summed E-state index contributed by atoms with van der Waals surface area (Å²) in [6, 6.07) is 6.20. The van der Waals surface area contributed by atoms with Crippen LogP contribution in [0.1, 0.15) is 23.8 Å². The number of amides is 1. The van der Waals surface area contributed by atoms with Crippen molar-refractivity contribution in [2.45, 2.75) is 19.4 Å². The van der Waals surface area contributed by atoms with Crippen molar-refractivity contribution in [3.63, 3.8) is 0 Å². The van der Waals surface area contributed by atoms with Gasteiger partial charge >= 0.3 is 0 Å². The Kier molecular flexibility index (Phi) is 4.57. The highest BCUT2D eigenvalue weighted by Gasteiger charge is 2.13. The third-order valence-electron chi connectivity index (χ3n) is 3.08. The Morgan fingerprint density at radius 1 is 1.45 bits per heavy atom. The Labute approximate surface area is 124 Å². The van der Waals surface area contributed by atoms with E-state index in [9.17, 15) is 9.59 Å². The van der Waals surface area contributed by atoms with Gasteiger partial charge in [0.1, 0.15) is 5.69 Å². The van der Waals surface area contributed by atoms with Crippen LogP contribution in [0.15, 0.2) is 33.5 Å². The third kappa shape index (κ3) is 3.08. The Morgan fingerprint density at radius 3 is 2.85 bits per heavy atom. The average Bonchev–Trinajstić information content (AvgIpc) is 2.45. The van der Waals surface area contributed by atoms with Crippen LogP contribution in [0, 0.1) is 0 Å².